The van der Waals surface area contributed by atoms with Crippen molar-refractivity contribution in [2.24, 2.45) is 0 Å². The summed E-state index contributed by atoms with van der Waals surface area (Å²) in [6.07, 6.45) is 0.733. The lowest BCUT2D eigenvalue weighted by atomic mass is 10.1. The molecule has 0 heterocycles. The molecule has 0 radical (unpaired) electrons. The normalized spacial score (nSPS) is 10.2. The summed E-state index contributed by atoms with van der Waals surface area (Å²) in [5.74, 6) is -0.519. The minimum absolute atomic E-state index is 0.219. The third-order valence-electron chi connectivity index (χ3n) is 3.28. The van der Waals surface area contributed by atoms with Gasteiger partial charge in [0.05, 0.1) is 0 Å². The average Bonchev–Trinajstić information content (AvgIpc) is 2.58. The molecule has 0 bridgehead atoms. The summed E-state index contributed by atoms with van der Waals surface area (Å²) in [5, 5.41) is 6.08. The van der Waals surface area contributed by atoms with Gasteiger partial charge in [-0.25, -0.2) is 0 Å². The lowest BCUT2D eigenvalue weighted by Gasteiger charge is -2.08. The van der Waals surface area contributed by atoms with E-state index < -0.39 is 0 Å². The molecule has 0 aromatic heterocycles. The van der Waals surface area contributed by atoms with Crippen LogP contribution in [-0.4, -0.2) is 32.1 Å². The van der Waals surface area contributed by atoms with Gasteiger partial charge in [0.15, 0.2) is 0 Å². The predicted octanol–water partition coefficient (Wildman–Crippen LogP) is 3.36. The van der Waals surface area contributed by atoms with Crippen LogP contribution in [-0.2, 0) is 4.74 Å². The van der Waals surface area contributed by atoms with E-state index in [4.69, 9.17) is 16.3 Å². The third kappa shape index (κ3) is 5.37. The first-order valence-corrected chi connectivity index (χ1v) is 7.92. The molecule has 0 saturated heterocycles. The van der Waals surface area contributed by atoms with Crippen molar-refractivity contribution >= 4 is 29.1 Å². The summed E-state index contributed by atoms with van der Waals surface area (Å²) < 4.78 is 4.93. The van der Waals surface area contributed by atoms with Gasteiger partial charge >= 0.3 is 0 Å². The van der Waals surface area contributed by atoms with Crippen LogP contribution in [0.25, 0.3) is 0 Å². The first-order valence-electron chi connectivity index (χ1n) is 7.54. The zero-order chi connectivity index (χ0) is 17.4. The molecule has 0 fully saturated rings. The Morgan fingerprint density at radius 2 is 1.75 bits per heavy atom. The number of carbonyl (C=O) groups excluding carboxylic acids is 2. The van der Waals surface area contributed by atoms with Crippen molar-refractivity contribution in [2.45, 2.75) is 6.42 Å². The fourth-order valence-corrected chi connectivity index (χ4v) is 2.28. The smallest absolute Gasteiger partial charge is 0.255 e. The minimum atomic E-state index is -0.300. The molecule has 0 aliphatic carbocycles. The van der Waals surface area contributed by atoms with Crippen LogP contribution in [0.2, 0.25) is 5.02 Å². The van der Waals surface area contributed by atoms with Crippen molar-refractivity contribution in [3.05, 3.63) is 64.7 Å². The number of benzene rings is 2. The molecule has 0 aliphatic heterocycles. The Bertz CT molecular complexity index is 719. The SMILES string of the molecule is COCCCNC(=O)c1cccc(C(=O)Nc2cccc(Cl)c2)c1. The van der Waals surface area contributed by atoms with E-state index in [1.807, 2.05) is 0 Å². The number of hydrogen-bond donors (Lipinski definition) is 2. The van der Waals surface area contributed by atoms with Crippen molar-refractivity contribution < 1.29 is 14.3 Å². The van der Waals surface area contributed by atoms with Crippen molar-refractivity contribution in [3.8, 4) is 0 Å². The highest BCUT2D eigenvalue weighted by atomic mass is 35.5. The Balaban J connectivity index is 2.01. The molecule has 0 saturated carbocycles. The maximum absolute atomic E-state index is 12.3. The van der Waals surface area contributed by atoms with Crippen molar-refractivity contribution in [2.75, 3.05) is 25.6 Å². The zero-order valence-corrected chi connectivity index (χ0v) is 14.1. The van der Waals surface area contributed by atoms with E-state index in [0.29, 0.717) is 35.0 Å². The quantitative estimate of drug-likeness (QED) is 0.755. The molecule has 5 nitrogen and oxygen atoms in total. The number of carbonyl (C=O) groups is 2. The Hall–Kier alpha value is -2.37. The van der Waals surface area contributed by atoms with E-state index in [2.05, 4.69) is 10.6 Å². The Morgan fingerprint density at radius 1 is 1.04 bits per heavy atom. The van der Waals surface area contributed by atoms with Gasteiger partial charge in [-0.1, -0.05) is 23.7 Å². The highest BCUT2D eigenvalue weighted by Gasteiger charge is 2.10. The third-order valence-corrected chi connectivity index (χ3v) is 3.52. The van der Waals surface area contributed by atoms with Crippen LogP contribution in [0.15, 0.2) is 48.5 Å². The average molecular weight is 347 g/mol. The molecule has 0 spiro atoms. The molecule has 2 rings (SSSR count). The monoisotopic (exact) mass is 346 g/mol. The standard InChI is InChI=1S/C18H19ClN2O3/c1-24-10-4-9-20-17(22)13-5-2-6-14(11-13)18(23)21-16-8-3-7-15(19)12-16/h2-3,5-8,11-12H,4,9-10H2,1H3,(H,20,22)(H,21,23). The number of ether oxygens (including phenoxy) is 1. The fourth-order valence-electron chi connectivity index (χ4n) is 2.09. The van der Waals surface area contributed by atoms with Crippen LogP contribution < -0.4 is 10.6 Å². The molecule has 2 amide bonds. The van der Waals surface area contributed by atoms with E-state index >= 15 is 0 Å². The summed E-state index contributed by atoms with van der Waals surface area (Å²) in [6.45, 7) is 1.11. The first kappa shape index (κ1) is 18.0. The second-order valence-corrected chi connectivity index (χ2v) is 5.58. The van der Waals surface area contributed by atoms with Crippen LogP contribution >= 0.6 is 11.6 Å². The van der Waals surface area contributed by atoms with Gasteiger partial charge in [0.1, 0.15) is 0 Å². The summed E-state index contributed by atoms with van der Waals surface area (Å²) >= 11 is 5.90. The van der Waals surface area contributed by atoms with Gasteiger partial charge in [-0.2, -0.15) is 0 Å². The number of amides is 2. The number of rotatable bonds is 7. The molecule has 2 aromatic carbocycles. The Kier molecular flexibility index (Phi) is 6.78. The van der Waals surface area contributed by atoms with Gasteiger partial charge in [-0.3, -0.25) is 9.59 Å². The van der Waals surface area contributed by atoms with Crippen molar-refractivity contribution in [1.29, 1.82) is 0 Å². The molecule has 24 heavy (non-hydrogen) atoms. The fraction of sp³-hybridized carbons (Fsp3) is 0.222. The largest absolute Gasteiger partial charge is 0.385 e. The van der Waals surface area contributed by atoms with Crippen LogP contribution in [0.1, 0.15) is 27.1 Å². The Labute approximate surface area is 146 Å². The van der Waals surface area contributed by atoms with E-state index in [0.717, 1.165) is 6.42 Å². The molecular formula is C18H19ClN2O3. The highest BCUT2D eigenvalue weighted by molar-refractivity contribution is 6.31. The summed E-state index contributed by atoms with van der Waals surface area (Å²) in [4.78, 5) is 24.4. The second kappa shape index (κ2) is 9.05. The summed E-state index contributed by atoms with van der Waals surface area (Å²) in [7, 11) is 1.61. The number of halogens is 1. The number of nitrogens with one attached hydrogen (secondary N) is 2. The Morgan fingerprint density at radius 3 is 2.46 bits per heavy atom. The number of methoxy groups -OCH3 is 1. The molecule has 6 heteroatoms. The topological polar surface area (TPSA) is 67.4 Å². The lowest BCUT2D eigenvalue weighted by molar-refractivity contribution is 0.0948. The van der Waals surface area contributed by atoms with E-state index in [1.165, 1.54) is 0 Å². The van der Waals surface area contributed by atoms with E-state index in [-0.39, 0.29) is 11.8 Å². The van der Waals surface area contributed by atoms with Crippen LogP contribution in [0, 0.1) is 0 Å². The summed E-state index contributed by atoms with van der Waals surface area (Å²) in [6, 6.07) is 13.4. The van der Waals surface area contributed by atoms with Crippen LogP contribution in [0.5, 0.6) is 0 Å². The van der Waals surface area contributed by atoms with Crippen LogP contribution in [0.3, 0.4) is 0 Å². The summed E-state index contributed by atoms with van der Waals surface area (Å²) in [5.41, 5.74) is 1.44. The molecule has 0 aliphatic rings. The van der Waals surface area contributed by atoms with Crippen molar-refractivity contribution in [3.63, 3.8) is 0 Å². The molecule has 2 N–H and O–H groups in total. The minimum Gasteiger partial charge on any atom is -0.385 e. The van der Waals surface area contributed by atoms with Crippen molar-refractivity contribution in [1.82, 2.24) is 5.32 Å². The van der Waals surface area contributed by atoms with Gasteiger partial charge in [-0.05, 0) is 42.8 Å². The second-order valence-electron chi connectivity index (χ2n) is 5.15. The molecular weight excluding hydrogens is 328 g/mol. The predicted molar refractivity (Wildman–Crippen MR) is 94.7 cm³/mol. The van der Waals surface area contributed by atoms with Gasteiger partial charge in [-0.15, -0.1) is 0 Å². The van der Waals surface area contributed by atoms with Gasteiger partial charge in [0.25, 0.3) is 11.8 Å². The zero-order valence-electron chi connectivity index (χ0n) is 13.3. The first-order chi connectivity index (χ1) is 11.6. The van der Waals surface area contributed by atoms with Gasteiger partial charge < -0.3 is 15.4 Å². The molecule has 0 unspecified atom stereocenters. The molecule has 2 aromatic rings. The number of anilines is 1. The van der Waals surface area contributed by atoms with Crippen LogP contribution in [0.4, 0.5) is 5.69 Å². The molecule has 0 atom stereocenters. The van der Waals surface area contributed by atoms with Gasteiger partial charge in [0.2, 0.25) is 0 Å². The molecule has 126 valence electrons. The maximum Gasteiger partial charge on any atom is 0.255 e. The van der Waals surface area contributed by atoms with E-state index in [9.17, 15) is 9.59 Å². The maximum atomic E-state index is 12.3. The highest BCUT2D eigenvalue weighted by Crippen LogP contribution is 2.16. The lowest BCUT2D eigenvalue weighted by Crippen LogP contribution is -2.25. The van der Waals surface area contributed by atoms with E-state index in [1.54, 1.807) is 55.6 Å². The number of hydrogen-bond acceptors (Lipinski definition) is 3. The van der Waals surface area contributed by atoms with Gasteiger partial charge in [0, 0.05) is 42.1 Å².